The summed E-state index contributed by atoms with van der Waals surface area (Å²) in [6.07, 6.45) is -4.04. The third-order valence-corrected chi connectivity index (χ3v) is 1.87. The molecule has 0 fully saturated rings. The Morgan fingerprint density at radius 3 is 2.20 bits per heavy atom. The smallest absolute Gasteiger partial charge is 0.455 e. The summed E-state index contributed by atoms with van der Waals surface area (Å²) in [6.45, 7) is 0.0792. The van der Waals surface area contributed by atoms with Crippen molar-refractivity contribution in [2.45, 2.75) is 25.4 Å². The summed E-state index contributed by atoms with van der Waals surface area (Å²) < 4.78 is 60.0. The highest BCUT2D eigenvalue weighted by Gasteiger charge is 2.57. The molecule has 9 heteroatoms. The molecule has 0 aromatic carbocycles. The molecule has 1 aromatic rings. The number of anilines is 1. The SMILES string of the molecule is CCC(=O)O.FC(F)(F)C(F)(F)CNc1ccccn1. The van der Waals surface area contributed by atoms with Gasteiger partial charge in [0.05, 0.1) is 6.54 Å². The number of hydrogen-bond donors (Lipinski definition) is 2. The van der Waals surface area contributed by atoms with Crippen LogP contribution in [0.15, 0.2) is 24.4 Å². The van der Waals surface area contributed by atoms with Crippen molar-refractivity contribution in [3.63, 3.8) is 0 Å². The van der Waals surface area contributed by atoms with Crippen LogP contribution in [0.2, 0.25) is 0 Å². The Labute approximate surface area is 111 Å². The zero-order valence-electron chi connectivity index (χ0n) is 10.4. The van der Waals surface area contributed by atoms with Gasteiger partial charge in [-0.05, 0) is 12.1 Å². The lowest BCUT2D eigenvalue weighted by Crippen LogP contribution is -2.42. The summed E-state index contributed by atoms with van der Waals surface area (Å²) in [7, 11) is 0. The number of aliphatic carboxylic acids is 1. The number of halogens is 5. The molecular weight excluding hydrogens is 287 g/mol. The van der Waals surface area contributed by atoms with Gasteiger partial charge in [-0.2, -0.15) is 22.0 Å². The minimum Gasteiger partial charge on any atom is -0.481 e. The summed E-state index contributed by atoms with van der Waals surface area (Å²) in [5.74, 6) is -5.53. The van der Waals surface area contributed by atoms with Crippen molar-refractivity contribution in [3.05, 3.63) is 24.4 Å². The van der Waals surface area contributed by atoms with Gasteiger partial charge in [-0.15, -0.1) is 0 Å². The lowest BCUT2D eigenvalue weighted by molar-refractivity contribution is -0.275. The van der Waals surface area contributed by atoms with Gasteiger partial charge < -0.3 is 10.4 Å². The predicted octanol–water partition coefficient (Wildman–Crippen LogP) is 3.17. The van der Waals surface area contributed by atoms with Crippen LogP contribution in [0.3, 0.4) is 0 Å². The number of alkyl halides is 5. The third-order valence-electron chi connectivity index (χ3n) is 1.87. The molecule has 0 amide bonds. The molecule has 2 N–H and O–H groups in total. The lowest BCUT2D eigenvalue weighted by Gasteiger charge is -2.19. The molecular formula is C11H13F5N2O2. The second-order valence-corrected chi connectivity index (χ2v) is 3.52. The lowest BCUT2D eigenvalue weighted by atomic mass is 10.3. The maximum Gasteiger partial charge on any atom is 0.455 e. The van der Waals surface area contributed by atoms with E-state index in [1.54, 1.807) is 6.92 Å². The van der Waals surface area contributed by atoms with Gasteiger partial charge in [0.15, 0.2) is 0 Å². The zero-order valence-corrected chi connectivity index (χ0v) is 10.4. The van der Waals surface area contributed by atoms with E-state index in [1.807, 2.05) is 5.32 Å². The van der Waals surface area contributed by atoms with Crippen LogP contribution in [0.25, 0.3) is 0 Å². The van der Waals surface area contributed by atoms with Crippen molar-refractivity contribution in [1.29, 1.82) is 0 Å². The molecule has 4 nitrogen and oxygen atoms in total. The first-order chi connectivity index (χ1) is 9.10. The number of rotatable bonds is 4. The van der Waals surface area contributed by atoms with Gasteiger partial charge in [-0.25, -0.2) is 4.98 Å². The van der Waals surface area contributed by atoms with E-state index in [9.17, 15) is 26.7 Å². The number of carboxylic acid groups (broad SMARTS) is 1. The van der Waals surface area contributed by atoms with Gasteiger partial charge in [0.2, 0.25) is 0 Å². The molecule has 0 aliphatic rings. The van der Waals surface area contributed by atoms with Crippen molar-refractivity contribution in [1.82, 2.24) is 4.98 Å². The van der Waals surface area contributed by atoms with E-state index in [4.69, 9.17) is 5.11 Å². The quantitative estimate of drug-likeness (QED) is 0.838. The van der Waals surface area contributed by atoms with Crippen molar-refractivity contribution in [2.75, 3.05) is 11.9 Å². The van der Waals surface area contributed by atoms with Gasteiger partial charge in [-0.3, -0.25) is 4.79 Å². The van der Waals surface area contributed by atoms with Gasteiger partial charge in [0.1, 0.15) is 5.82 Å². The average molecular weight is 300 g/mol. The highest BCUT2D eigenvalue weighted by atomic mass is 19.4. The molecule has 0 aliphatic carbocycles. The third kappa shape index (κ3) is 6.86. The molecule has 0 unspecified atom stereocenters. The minimum absolute atomic E-state index is 0.0265. The fourth-order valence-electron chi connectivity index (χ4n) is 0.769. The number of nitrogens with one attached hydrogen (secondary N) is 1. The van der Waals surface area contributed by atoms with Crippen LogP contribution < -0.4 is 5.32 Å². The minimum atomic E-state index is -5.55. The fourth-order valence-corrected chi connectivity index (χ4v) is 0.769. The number of pyridine rings is 1. The second-order valence-electron chi connectivity index (χ2n) is 3.52. The molecule has 1 heterocycles. The molecule has 1 aromatic heterocycles. The predicted molar refractivity (Wildman–Crippen MR) is 61.7 cm³/mol. The number of carbonyl (C=O) groups is 1. The normalized spacial score (nSPS) is 11.3. The number of aromatic nitrogens is 1. The first-order valence-corrected chi connectivity index (χ1v) is 5.41. The molecule has 0 spiro atoms. The van der Waals surface area contributed by atoms with Crippen LogP contribution in [0.1, 0.15) is 13.3 Å². The molecule has 0 radical (unpaired) electrons. The van der Waals surface area contributed by atoms with Crippen molar-refractivity contribution < 1.29 is 31.9 Å². The molecule has 0 atom stereocenters. The Kier molecular flexibility index (Phi) is 6.87. The molecule has 114 valence electrons. The maximum absolute atomic E-state index is 12.4. The Morgan fingerprint density at radius 2 is 1.85 bits per heavy atom. The van der Waals surface area contributed by atoms with Crippen molar-refractivity contribution in [2.24, 2.45) is 0 Å². The first-order valence-electron chi connectivity index (χ1n) is 5.41. The fraction of sp³-hybridized carbons (Fsp3) is 0.455. The van der Waals surface area contributed by atoms with Crippen LogP contribution >= 0.6 is 0 Å². The van der Waals surface area contributed by atoms with Crippen LogP contribution in [-0.2, 0) is 4.79 Å². The average Bonchev–Trinajstić information content (AvgIpc) is 2.37. The monoisotopic (exact) mass is 300 g/mol. The van der Waals surface area contributed by atoms with Crippen LogP contribution in [0.4, 0.5) is 27.8 Å². The zero-order chi connectivity index (χ0) is 15.8. The van der Waals surface area contributed by atoms with E-state index in [2.05, 4.69) is 4.98 Å². The van der Waals surface area contributed by atoms with E-state index in [-0.39, 0.29) is 12.2 Å². The highest BCUT2D eigenvalue weighted by molar-refractivity contribution is 5.66. The van der Waals surface area contributed by atoms with Gasteiger partial charge in [-0.1, -0.05) is 13.0 Å². The Balaban J connectivity index is 0.000000621. The highest BCUT2D eigenvalue weighted by Crippen LogP contribution is 2.35. The number of hydrogen-bond acceptors (Lipinski definition) is 3. The van der Waals surface area contributed by atoms with Gasteiger partial charge in [0, 0.05) is 12.6 Å². The van der Waals surface area contributed by atoms with Gasteiger partial charge in [0.25, 0.3) is 0 Å². The van der Waals surface area contributed by atoms with E-state index >= 15 is 0 Å². The molecule has 0 aliphatic heterocycles. The second kappa shape index (κ2) is 7.61. The largest absolute Gasteiger partial charge is 0.481 e. The maximum atomic E-state index is 12.4. The van der Waals surface area contributed by atoms with E-state index in [0.29, 0.717) is 0 Å². The van der Waals surface area contributed by atoms with Crippen LogP contribution in [0.5, 0.6) is 0 Å². The van der Waals surface area contributed by atoms with E-state index < -0.39 is 24.6 Å². The Morgan fingerprint density at radius 1 is 1.30 bits per heavy atom. The molecule has 1 rings (SSSR count). The first kappa shape index (κ1) is 18.1. The van der Waals surface area contributed by atoms with Crippen LogP contribution in [-0.4, -0.2) is 34.7 Å². The molecule has 0 bridgehead atoms. The Bertz CT molecular complexity index is 409. The molecule has 20 heavy (non-hydrogen) atoms. The molecule has 0 saturated carbocycles. The molecule has 0 saturated heterocycles. The Hall–Kier alpha value is -1.93. The van der Waals surface area contributed by atoms with Crippen molar-refractivity contribution >= 4 is 11.8 Å². The number of nitrogens with zero attached hydrogens (tertiary/aromatic N) is 1. The topological polar surface area (TPSA) is 62.2 Å². The summed E-state index contributed by atoms with van der Waals surface area (Å²) in [5.41, 5.74) is 0. The van der Waals surface area contributed by atoms with Crippen LogP contribution in [0, 0.1) is 0 Å². The summed E-state index contributed by atoms with van der Waals surface area (Å²) in [4.78, 5) is 12.9. The van der Waals surface area contributed by atoms with E-state index in [1.165, 1.54) is 24.4 Å². The number of carboxylic acids is 1. The standard InChI is InChI=1S/C8H7F5N2.C3H6O2/c9-7(10,8(11,12)13)5-15-6-3-1-2-4-14-6;1-2-3(4)5/h1-4H,5H2,(H,14,15);2H2,1H3,(H,4,5). The summed E-state index contributed by atoms with van der Waals surface area (Å²) in [6, 6.07) is 4.29. The summed E-state index contributed by atoms with van der Waals surface area (Å²) >= 11 is 0. The van der Waals surface area contributed by atoms with Gasteiger partial charge >= 0.3 is 18.1 Å². The summed E-state index contributed by atoms with van der Waals surface area (Å²) in [5, 5.41) is 9.63. The van der Waals surface area contributed by atoms with E-state index in [0.717, 1.165) is 0 Å². The van der Waals surface area contributed by atoms with Crippen molar-refractivity contribution in [3.8, 4) is 0 Å².